The van der Waals surface area contributed by atoms with Crippen LogP contribution in [0.4, 0.5) is 5.69 Å². The van der Waals surface area contributed by atoms with E-state index < -0.39 is 15.7 Å². The molecule has 0 radical (unpaired) electrons. The molecule has 1 fully saturated rings. The van der Waals surface area contributed by atoms with Crippen LogP contribution in [0.3, 0.4) is 0 Å². The van der Waals surface area contributed by atoms with E-state index in [1.54, 1.807) is 18.2 Å². The van der Waals surface area contributed by atoms with Crippen molar-refractivity contribution in [1.82, 2.24) is 0 Å². The number of nitrogens with zero attached hydrogens (tertiary/aromatic N) is 1. The van der Waals surface area contributed by atoms with Crippen LogP contribution in [-0.4, -0.2) is 20.4 Å². The van der Waals surface area contributed by atoms with Crippen molar-refractivity contribution in [3.8, 4) is 0 Å². The smallest absolute Gasteiger partial charge is 0.285 e. The van der Waals surface area contributed by atoms with Crippen molar-refractivity contribution >= 4 is 16.5 Å². The summed E-state index contributed by atoms with van der Waals surface area (Å²) in [5.74, 6) is 0. The summed E-state index contributed by atoms with van der Waals surface area (Å²) in [4.78, 5) is 10.9. The maximum Gasteiger partial charge on any atom is 0.285 e. The monoisotopic (exact) mass is 296 g/mol. The van der Waals surface area contributed by atoms with Crippen molar-refractivity contribution in [3.63, 3.8) is 0 Å². The molecule has 0 aliphatic heterocycles. The van der Waals surface area contributed by atoms with Crippen LogP contribution in [0.2, 0.25) is 0 Å². The van der Waals surface area contributed by atoms with Gasteiger partial charge in [0, 0.05) is 12.1 Å². The fourth-order valence-corrected chi connectivity index (χ4v) is 4.69. The van der Waals surface area contributed by atoms with Gasteiger partial charge in [0.05, 0.1) is 21.0 Å². The number of nitro groups is 1. The molecule has 1 aromatic rings. The molecule has 0 saturated heterocycles. The van der Waals surface area contributed by atoms with Crippen LogP contribution >= 0.6 is 0 Å². The van der Waals surface area contributed by atoms with E-state index in [0.29, 0.717) is 0 Å². The molecular weight excluding hydrogens is 276 g/mol. The van der Waals surface area contributed by atoms with Gasteiger partial charge in [-0.3, -0.25) is 14.3 Å². The molecule has 110 valence electrons. The maximum atomic E-state index is 12.7. The fourth-order valence-electron chi connectivity index (χ4n) is 2.79. The van der Waals surface area contributed by atoms with Gasteiger partial charge in [0.2, 0.25) is 0 Å². The molecule has 0 bridgehead atoms. The van der Waals surface area contributed by atoms with Crippen molar-refractivity contribution in [2.45, 2.75) is 49.3 Å². The Bertz CT molecular complexity index is 545. The number of benzene rings is 1. The van der Waals surface area contributed by atoms with Crippen LogP contribution in [0.25, 0.3) is 0 Å². The second kappa shape index (κ2) is 5.61. The summed E-state index contributed by atoms with van der Waals surface area (Å²) in [7, 11) is -1.45. The Hall–Kier alpha value is -1.27. The summed E-state index contributed by atoms with van der Waals surface area (Å²) in [6.45, 7) is 4.14. The summed E-state index contributed by atoms with van der Waals surface area (Å²) >= 11 is 0. The normalized spacial score (nSPS) is 26.9. The summed E-state index contributed by atoms with van der Waals surface area (Å²) in [6, 6.07) is 6.02. The minimum Gasteiger partial charge on any atom is -0.326 e. The molecule has 0 heterocycles. The van der Waals surface area contributed by atoms with E-state index in [1.165, 1.54) is 6.07 Å². The summed E-state index contributed by atoms with van der Waals surface area (Å²) in [5, 5.41) is 10.8. The van der Waals surface area contributed by atoms with Gasteiger partial charge in [0.1, 0.15) is 4.90 Å². The van der Waals surface area contributed by atoms with Crippen LogP contribution in [0.1, 0.15) is 33.1 Å². The molecule has 5 nitrogen and oxygen atoms in total. The molecule has 20 heavy (non-hydrogen) atoms. The van der Waals surface area contributed by atoms with Gasteiger partial charge in [-0.25, -0.2) is 0 Å². The zero-order valence-corrected chi connectivity index (χ0v) is 12.6. The number of rotatable bonds is 3. The Kier molecular flexibility index (Phi) is 4.25. The highest BCUT2D eigenvalue weighted by Gasteiger charge is 2.40. The van der Waals surface area contributed by atoms with Gasteiger partial charge >= 0.3 is 0 Å². The zero-order chi connectivity index (χ0) is 14.9. The Morgan fingerprint density at radius 1 is 1.40 bits per heavy atom. The average molecular weight is 296 g/mol. The third-order valence-corrected chi connectivity index (χ3v) is 6.02. The third-order valence-electron chi connectivity index (χ3n) is 4.17. The molecule has 1 saturated carbocycles. The minimum absolute atomic E-state index is 0.0812. The molecule has 2 N–H and O–H groups in total. The molecule has 0 amide bonds. The van der Waals surface area contributed by atoms with Crippen LogP contribution in [0.5, 0.6) is 0 Å². The predicted molar refractivity (Wildman–Crippen MR) is 78.9 cm³/mol. The standard InChI is InChI=1S/C14H20N2O3S/c1-14(2)9-5-8-12(13(14)15)20(19)11-7-4-3-6-10(11)16(17)18/h3-4,6-7,12-13H,5,8-9,15H2,1-2H3. The van der Waals surface area contributed by atoms with Gasteiger partial charge in [0.15, 0.2) is 0 Å². The quantitative estimate of drug-likeness (QED) is 0.686. The second-order valence-electron chi connectivity index (χ2n) is 5.97. The van der Waals surface area contributed by atoms with Gasteiger partial charge in [-0.1, -0.05) is 32.4 Å². The lowest BCUT2D eigenvalue weighted by atomic mass is 9.73. The molecular formula is C14H20N2O3S. The number of hydrogen-bond donors (Lipinski definition) is 1. The van der Waals surface area contributed by atoms with E-state index in [4.69, 9.17) is 5.73 Å². The Labute approximate surface area is 121 Å². The summed E-state index contributed by atoms with van der Waals surface area (Å²) in [5.41, 5.74) is 6.10. The molecule has 3 unspecified atom stereocenters. The molecule has 0 spiro atoms. The average Bonchev–Trinajstić information content (AvgIpc) is 2.41. The summed E-state index contributed by atoms with van der Waals surface area (Å²) in [6.07, 6.45) is 2.71. The Morgan fingerprint density at radius 2 is 2.05 bits per heavy atom. The Balaban J connectivity index is 2.34. The van der Waals surface area contributed by atoms with Crippen molar-refractivity contribution in [3.05, 3.63) is 34.4 Å². The SMILES string of the molecule is CC1(C)CCCC(S(=O)c2ccccc2[N+](=O)[O-])C1N. The molecule has 1 aliphatic rings. The number of nitro benzene ring substituents is 1. The van der Waals surface area contributed by atoms with Crippen LogP contribution in [0, 0.1) is 15.5 Å². The second-order valence-corrected chi connectivity index (χ2v) is 7.61. The molecule has 2 rings (SSSR count). The lowest BCUT2D eigenvalue weighted by molar-refractivity contribution is -0.387. The zero-order valence-electron chi connectivity index (χ0n) is 11.7. The van der Waals surface area contributed by atoms with Gasteiger partial charge < -0.3 is 5.73 Å². The lowest BCUT2D eigenvalue weighted by Gasteiger charge is -2.41. The first kappa shape index (κ1) is 15.1. The minimum atomic E-state index is -1.45. The van der Waals surface area contributed by atoms with Gasteiger partial charge in [-0.15, -0.1) is 0 Å². The van der Waals surface area contributed by atoms with E-state index in [0.717, 1.165) is 19.3 Å². The van der Waals surface area contributed by atoms with E-state index in [2.05, 4.69) is 13.8 Å². The third kappa shape index (κ3) is 2.76. The number of para-hydroxylation sites is 1. The first-order valence-electron chi connectivity index (χ1n) is 6.74. The molecule has 3 atom stereocenters. The molecule has 6 heteroatoms. The molecule has 1 aromatic carbocycles. The maximum absolute atomic E-state index is 12.7. The lowest BCUT2D eigenvalue weighted by Crippen LogP contribution is -2.51. The van der Waals surface area contributed by atoms with E-state index >= 15 is 0 Å². The highest BCUT2D eigenvalue weighted by atomic mass is 32.2. The topological polar surface area (TPSA) is 86.2 Å². The first-order chi connectivity index (χ1) is 9.34. The predicted octanol–water partition coefficient (Wildman–Crippen LogP) is 2.61. The van der Waals surface area contributed by atoms with E-state index in [-0.39, 0.29) is 27.3 Å². The summed E-state index contributed by atoms with van der Waals surface area (Å²) < 4.78 is 12.7. The number of nitrogens with two attached hydrogens (primary N) is 1. The van der Waals surface area contributed by atoms with Gasteiger partial charge in [-0.2, -0.15) is 0 Å². The van der Waals surface area contributed by atoms with E-state index in [1.807, 2.05) is 0 Å². The van der Waals surface area contributed by atoms with Crippen molar-refractivity contribution in [2.75, 3.05) is 0 Å². The van der Waals surface area contributed by atoms with Crippen LogP contribution in [0.15, 0.2) is 29.2 Å². The number of hydrogen-bond acceptors (Lipinski definition) is 4. The van der Waals surface area contributed by atoms with Crippen molar-refractivity contribution in [1.29, 1.82) is 0 Å². The molecule has 1 aliphatic carbocycles. The highest BCUT2D eigenvalue weighted by molar-refractivity contribution is 7.86. The fraction of sp³-hybridized carbons (Fsp3) is 0.571. The van der Waals surface area contributed by atoms with Crippen molar-refractivity contribution < 1.29 is 9.13 Å². The van der Waals surface area contributed by atoms with Gasteiger partial charge in [0.25, 0.3) is 5.69 Å². The first-order valence-corrected chi connectivity index (χ1v) is 7.95. The van der Waals surface area contributed by atoms with Crippen molar-refractivity contribution in [2.24, 2.45) is 11.1 Å². The van der Waals surface area contributed by atoms with Crippen LogP contribution < -0.4 is 5.73 Å². The largest absolute Gasteiger partial charge is 0.326 e. The molecule has 0 aromatic heterocycles. The van der Waals surface area contributed by atoms with Gasteiger partial charge in [-0.05, 0) is 24.3 Å². The highest BCUT2D eigenvalue weighted by Crippen LogP contribution is 2.38. The van der Waals surface area contributed by atoms with Crippen LogP contribution in [-0.2, 0) is 10.8 Å². The van der Waals surface area contributed by atoms with E-state index in [9.17, 15) is 14.3 Å². The Morgan fingerprint density at radius 3 is 2.70 bits per heavy atom.